The average Bonchev–Trinajstić information content (AvgIpc) is 2.39. The summed E-state index contributed by atoms with van der Waals surface area (Å²) in [4.78, 5) is 0. The fourth-order valence-corrected chi connectivity index (χ4v) is 1.32. The van der Waals surface area contributed by atoms with E-state index in [9.17, 15) is 0 Å². The van der Waals surface area contributed by atoms with Gasteiger partial charge in [-0.1, -0.05) is 0 Å². The van der Waals surface area contributed by atoms with Gasteiger partial charge in [-0.2, -0.15) is 0 Å². The van der Waals surface area contributed by atoms with Crippen molar-refractivity contribution in [3.8, 4) is 0 Å². The first-order valence-corrected chi connectivity index (χ1v) is 6.46. The van der Waals surface area contributed by atoms with Gasteiger partial charge in [0.2, 0.25) is 0 Å². The standard InChI is InChI=1S/C12H24O6.K.H/c1-2-14-5-6-16-9-10-18-12-11-17-8-7-15-4-3-13-1;;/h1-12H2;;. The Morgan fingerprint density at radius 1 is 0.263 bits per heavy atom. The van der Waals surface area contributed by atoms with Gasteiger partial charge in [0, 0.05) is 0 Å². The third kappa shape index (κ3) is 15.6. The van der Waals surface area contributed by atoms with Crippen LogP contribution in [-0.4, -0.2) is 131 Å². The predicted octanol–water partition coefficient (Wildman–Crippen LogP) is -0.549. The van der Waals surface area contributed by atoms with E-state index < -0.39 is 0 Å². The molecule has 0 spiro atoms. The second-order valence-electron chi connectivity index (χ2n) is 3.67. The summed E-state index contributed by atoms with van der Waals surface area (Å²) < 4.78 is 32.0. The first-order valence-electron chi connectivity index (χ1n) is 6.46. The minimum atomic E-state index is 0. The molecule has 0 radical (unpaired) electrons. The maximum absolute atomic E-state index is 5.33. The van der Waals surface area contributed by atoms with Crippen molar-refractivity contribution in [1.29, 1.82) is 0 Å². The van der Waals surface area contributed by atoms with E-state index >= 15 is 0 Å². The van der Waals surface area contributed by atoms with Crippen LogP contribution >= 0.6 is 0 Å². The summed E-state index contributed by atoms with van der Waals surface area (Å²) >= 11 is 0. The summed E-state index contributed by atoms with van der Waals surface area (Å²) in [6.07, 6.45) is 0. The van der Waals surface area contributed by atoms with Crippen LogP contribution in [0.4, 0.5) is 0 Å². The van der Waals surface area contributed by atoms with Gasteiger partial charge in [-0.15, -0.1) is 0 Å². The topological polar surface area (TPSA) is 55.4 Å². The van der Waals surface area contributed by atoms with Crippen molar-refractivity contribution in [1.82, 2.24) is 0 Å². The molecule has 1 saturated heterocycles. The molecule has 6 nitrogen and oxygen atoms in total. The van der Waals surface area contributed by atoms with Crippen LogP contribution in [0.5, 0.6) is 0 Å². The van der Waals surface area contributed by atoms with Gasteiger partial charge in [0.1, 0.15) is 0 Å². The van der Waals surface area contributed by atoms with E-state index in [4.69, 9.17) is 28.4 Å². The molecule has 1 rings (SSSR count). The molecule has 1 heterocycles. The normalized spacial score (nSPS) is 22.7. The van der Waals surface area contributed by atoms with Crippen molar-refractivity contribution in [2.45, 2.75) is 0 Å². The van der Waals surface area contributed by atoms with Crippen LogP contribution in [0.15, 0.2) is 0 Å². The molecular weight excluding hydrogens is 279 g/mol. The van der Waals surface area contributed by atoms with Gasteiger partial charge in [-0.25, -0.2) is 0 Å². The first-order chi connectivity index (χ1) is 9.00. The van der Waals surface area contributed by atoms with Crippen molar-refractivity contribution in [2.75, 3.05) is 79.3 Å². The van der Waals surface area contributed by atoms with E-state index in [1.54, 1.807) is 0 Å². The molecule has 0 aromatic rings. The Kier molecular flexibility index (Phi) is 18.7. The molecular formula is C12H25KO6. The van der Waals surface area contributed by atoms with Crippen molar-refractivity contribution < 1.29 is 28.4 Å². The molecule has 0 amide bonds. The number of hydrogen-bond acceptors (Lipinski definition) is 6. The van der Waals surface area contributed by atoms with Crippen molar-refractivity contribution in [3.05, 3.63) is 0 Å². The van der Waals surface area contributed by atoms with Crippen LogP contribution in [0.1, 0.15) is 0 Å². The Bertz CT molecular complexity index is 97.2. The van der Waals surface area contributed by atoms with Gasteiger partial charge in [-0.3, -0.25) is 0 Å². The molecule has 1 fully saturated rings. The zero-order valence-corrected chi connectivity index (χ0v) is 10.9. The zero-order chi connectivity index (χ0) is 12.7. The Labute approximate surface area is 157 Å². The molecule has 19 heavy (non-hydrogen) atoms. The van der Waals surface area contributed by atoms with Crippen LogP contribution < -0.4 is 0 Å². The number of ether oxygens (including phenoxy) is 6. The van der Waals surface area contributed by atoms with E-state index in [-0.39, 0.29) is 51.4 Å². The van der Waals surface area contributed by atoms with Crippen molar-refractivity contribution in [3.63, 3.8) is 0 Å². The third-order valence-electron chi connectivity index (χ3n) is 2.23. The second kappa shape index (κ2) is 17.4. The van der Waals surface area contributed by atoms with E-state index in [0.29, 0.717) is 79.3 Å². The first kappa shape index (κ1) is 20.4. The Morgan fingerprint density at radius 3 is 0.474 bits per heavy atom. The van der Waals surface area contributed by atoms with E-state index in [2.05, 4.69) is 0 Å². The van der Waals surface area contributed by atoms with Crippen LogP contribution in [0.25, 0.3) is 0 Å². The SMILES string of the molecule is C1COCCOCCOCCOCCOCCO1.[KH]. The third-order valence-corrected chi connectivity index (χ3v) is 2.23. The van der Waals surface area contributed by atoms with Gasteiger partial charge in [-0.05, 0) is 0 Å². The fraction of sp³-hybridized carbons (Fsp3) is 1.00. The fourth-order valence-electron chi connectivity index (χ4n) is 1.32. The van der Waals surface area contributed by atoms with E-state index in [0.717, 1.165) is 0 Å². The summed E-state index contributed by atoms with van der Waals surface area (Å²) in [5.41, 5.74) is 0. The summed E-state index contributed by atoms with van der Waals surface area (Å²) in [6, 6.07) is 0. The maximum atomic E-state index is 5.33. The van der Waals surface area contributed by atoms with Crippen molar-refractivity contribution in [2.24, 2.45) is 0 Å². The molecule has 0 aromatic heterocycles. The Morgan fingerprint density at radius 2 is 0.368 bits per heavy atom. The molecule has 0 saturated carbocycles. The zero-order valence-electron chi connectivity index (χ0n) is 10.9. The van der Waals surface area contributed by atoms with Gasteiger partial charge in [0.15, 0.2) is 0 Å². The molecule has 1 aliphatic rings. The second-order valence-corrected chi connectivity index (χ2v) is 3.67. The molecule has 0 aliphatic carbocycles. The van der Waals surface area contributed by atoms with Gasteiger partial charge in [0.25, 0.3) is 0 Å². The Balaban J connectivity index is 0.00000324. The van der Waals surface area contributed by atoms with Crippen LogP contribution in [0, 0.1) is 0 Å². The average molecular weight is 304 g/mol. The van der Waals surface area contributed by atoms with Gasteiger partial charge < -0.3 is 28.4 Å². The number of rotatable bonds is 0. The quantitative estimate of drug-likeness (QED) is 0.560. The van der Waals surface area contributed by atoms with Crippen LogP contribution in [0.2, 0.25) is 0 Å². The van der Waals surface area contributed by atoms with Gasteiger partial charge >= 0.3 is 51.4 Å². The molecule has 7 heteroatoms. The predicted molar refractivity (Wildman–Crippen MR) is 72.1 cm³/mol. The van der Waals surface area contributed by atoms with Crippen molar-refractivity contribution >= 4 is 51.4 Å². The van der Waals surface area contributed by atoms with Crippen LogP contribution in [0.3, 0.4) is 0 Å². The van der Waals surface area contributed by atoms with Gasteiger partial charge in [0.05, 0.1) is 79.3 Å². The molecule has 110 valence electrons. The molecule has 0 aromatic carbocycles. The summed E-state index contributed by atoms with van der Waals surface area (Å²) in [5.74, 6) is 0. The number of hydrogen-bond donors (Lipinski definition) is 0. The Hall–Kier alpha value is 1.40. The molecule has 0 N–H and O–H groups in total. The molecule has 1 aliphatic heterocycles. The monoisotopic (exact) mass is 304 g/mol. The summed E-state index contributed by atoms with van der Waals surface area (Å²) in [5, 5.41) is 0. The van der Waals surface area contributed by atoms with Crippen LogP contribution in [-0.2, 0) is 28.4 Å². The molecule has 0 atom stereocenters. The van der Waals surface area contributed by atoms with E-state index in [1.165, 1.54) is 0 Å². The molecule has 0 bridgehead atoms. The van der Waals surface area contributed by atoms with E-state index in [1.807, 2.05) is 0 Å². The minimum absolute atomic E-state index is 0. The molecule has 0 unspecified atom stereocenters. The summed E-state index contributed by atoms with van der Waals surface area (Å²) in [7, 11) is 0. The summed E-state index contributed by atoms with van der Waals surface area (Å²) in [6.45, 7) is 7.04.